The fourth-order valence-electron chi connectivity index (χ4n) is 3.44. The van der Waals surface area contributed by atoms with Crippen LogP contribution in [0.3, 0.4) is 0 Å². The van der Waals surface area contributed by atoms with Gasteiger partial charge in [0, 0.05) is 18.7 Å². The van der Waals surface area contributed by atoms with Gasteiger partial charge in [0.2, 0.25) is 10.0 Å². The van der Waals surface area contributed by atoms with Crippen molar-refractivity contribution in [2.24, 2.45) is 0 Å². The molecule has 0 bridgehead atoms. The summed E-state index contributed by atoms with van der Waals surface area (Å²) in [5.41, 5.74) is 0.276. The number of nitrogens with zero attached hydrogens (tertiary/aromatic N) is 1. The van der Waals surface area contributed by atoms with Crippen LogP contribution in [0, 0.1) is 6.92 Å². The second-order valence-corrected chi connectivity index (χ2v) is 8.82. The molecule has 1 heterocycles. The van der Waals surface area contributed by atoms with E-state index in [0.29, 0.717) is 12.3 Å². The van der Waals surface area contributed by atoms with Gasteiger partial charge in [-0.25, -0.2) is 13.1 Å². The van der Waals surface area contributed by atoms with E-state index in [9.17, 15) is 13.2 Å². The summed E-state index contributed by atoms with van der Waals surface area (Å²) in [6.07, 6.45) is 3.68. The normalized spacial score (nSPS) is 15.0. The molecule has 1 N–H and O–H groups in total. The van der Waals surface area contributed by atoms with Crippen LogP contribution >= 0.6 is 0 Å². The molecule has 1 aromatic carbocycles. The molecule has 0 atom stereocenters. The quantitative estimate of drug-likeness (QED) is 0.763. The largest absolute Gasteiger partial charge is 0.495 e. The number of aryl methyl sites for hydroxylation is 1. The van der Waals surface area contributed by atoms with Gasteiger partial charge in [-0.3, -0.25) is 4.79 Å². The van der Waals surface area contributed by atoms with E-state index < -0.39 is 10.0 Å². The van der Waals surface area contributed by atoms with Gasteiger partial charge in [0.15, 0.2) is 0 Å². The molecule has 2 aromatic rings. The number of benzene rings is 1. The highest BCUT2D eigenvalue weighted by Gasteiger charge is 2.27. The zero-order valence-electron chi connectivity index (χ0n) is 16.4. The molecule has 1 fully saturated rings. The van der Waals surface area contributed by atoms with Crippen molar-refractivity contribution in [2.75, 3.05) is 14.2 Å². The molecule has 3 rings (SSSR count). The van der Waals surface area contributed by atoms with Gasteiger partial charge in [0.05, 0.1) is 13.7 Å². The van der Waals surface area contributed by atoms with Crippen molar-refractivity contribution in [2.45, 2.75) is 50.1 Å². The first kappa shape index (κ1) is 20.4. The first-order valence-electron chi connectivity index (χ1n) is 9.31. The molecule has 1 aliphatic carbocycles. The lowest BCUT2D eigenvalue weighted by molar-refractivity contribution is 0.0774. The summed E-state index contributed by atoms with van der Waals surface area (Å²) < 4.78 is 39.2. The van der Waals surface area contributed by atoms with E-state index >= 15 is 0 Å². The van der Waals surface area contributed by atoms with Crippen LogP contribution < -0.4 is 9.46 Å². The monoisotopic (exact) mass is 406 g/mol. The Morgan fingerprint density at radius 2 is 1.96 bits per heavy atom. The van der Waals surface area contributed by atoms with Crippen molar-refractivity contribution in [1.29, 1.82) is 0 Å². The predicted molar refractivity (Wildman–Crippen MR) is 105 cm³/mol. The number of amides is 1. The lowest BCUT2D eigenvalue weighted by Gasteiger charge is -2.18. The molecule has 1 aromatic heterocycles. The fraction of sp³-hybridized carbons (Fsp3) is 0.450. The Bertz CT molecular complexity index is 945. The molecule has 0 spiro atoms. The van der Waals surface area contributed by atoms with E-state index in [2.05, 4.69) is 4.72 Å². The molecule has 1 amide bonds. The van der Waals surface area contributed by atoms with Crippen molar-refractivity contribution in [3.63, 3.8) is 0 Å². The van der Waals surface area contributed by atoms with Gasteiger partial charge >= 0.3 is 0 Å². The molecule has 28 heavy (non-hydrogen) atoms. The summed E-state index contributed by atoms with van der Waals surface area (Å²) in [6, 6.07) is 8.04. The predicted octanol–water partition coefficient (Wildman–Crippen LogP) is 3.09. The SMILES string of the molecule is COc1ccc(C(=O)N(C)Cc2ccc(C)o2)cc1S(=O)(=O)NC1CCCC1. The summed E-state index contributed by atoms with van der Waals surface area (Å²) in [7, 11) is -0.726. The molecule has 0 aliphatic heterocycles. The van der Waals surface area contributed by atoms with E-state index in [1.165, 1.54) is 24.1 Å². The minimum Gasteiger partial charge on any atom is -0.495 e. The number of carbonyl (C=O) groups excluding carboxylic acids is 1. The Labute approximate surface area is 165 Å². The van der Waals surface area contributed by atoms with E-state index in [-0.39, 0.29) is 28.2 Å². The van der Waals surface area contributed by atoms with Crippen molar-refractivity contribution < 1.29 is 22.4 Å². The lowest BCUT2D eigenvalue weighted by Crippen LogP contribution is -2.33. The van der Waals surface area contributed by atoms with E-state index in [1.54, 1.807) is 13.1 Å². The third-order valence-electron chi connectivity index (χ3n) is 4.91. The third kappa shape index (κ3) is 4.56. The Morgan fingerprint density at radius 3 is 2.57 bits per heavy atom. The molecule has 7 nitrogen and oxygen atoms in total. The molecule has 0 saturated heterocycles. The van der Waals surface area contributed by atoms with E-state index in [4.69, 9.17) is 9.15 Å². The molecule has 0 radical (unpaired) electrons. The van der Waals surface area contributed by atoms with Crippen LogP contribution in [0.5, 0.6) is 5.75 Å². The standard InChI is InChI=1S/C20H26N2O5S/c1-14-8-10-17(27-14)13-22(2)20(23)15-9-11-18(26-3)19(12-15)28(24,25)21-16-6-4-5-7-16/h8-12,16,21H,4-7,13H2,1-3H3. The minimum atomic E-state index is -3.79. The number of methoxy groups -OCH3 is 1. The van der Waals surface area contributed by atoms with Crippen LogP contribution in [-0.2, 0) is 16.6 Å². The molecule has 1 saturated carbocycles. The average Bonchev–Trinajstić information content (AvgIpc) is 3.31. The van der Waals surface area contributed by atoms with Crippen LogP contribution in [0.1, 0.15) is 47.6 Å². The van der Waals surface area contributed by atoms with Crippen molar-refractivity contribution >= 4 is 15.9 Å². The Hall–Kier alpha value is -2.32. The summed E-state index contributed by atoms with van der Waals surface area (Å²) in [5.74, 6) is 1.35. The molecule has 0 unspecified atom stereocenters. The van der Waals surface area contributed by atoms with Gasteiger partial charge < -0.3 is 14.1 Å². The van der Waals surface area contributed by atoms with E-state index in [1.807, 2.05) is 19.1 Å². The summed E-state index contributed by atoms with van der Waals surface area (Å²) in [5, 5.41) is 0. The van der Waals surface area contributed by atoms with E-state index in [0.717, 1.165) is 31.4 Å². The van der Waals surface area contributed by atoms with Crippen molar-refractivity contribution in [3.05, 3.63) is 47.4 Å². The number of nitrogens with one attached hydrogen (secondary N) is 1. The topological polar surface area (TPSA) is 88.8 Å². The maximum absolute atomic E-state index is 12.9. The molecule has 8 heteroatoms. The zero-order valence-corrected chi connectivity index (χ0v) is 17.2. The Morgan fingerprint density at radius 1 is 1.25 bits per heavy atom. The van der Waals surface area contributed by atoms with Crippen LogP contribution in [0.15, 0.2) is 39.6 Å². The van der Waals surface area contributed by atoms with Gasteiger partial charge in [0.1, 0.15) is 22.2 Å². The Balaban J connectivity index is 1.83. The number of rotatable bonds is 7. The maximum atomic E-state index is 12.9. The second kappa shape index (κ2) is 8.36. The van der Waals surface area contributed by atoms with Crippen LogP contribution in [0.4, 0.5) is 0 Å². The van der Waals surface area contributed by atoms with Gasteiger partial charge in [-0.05, 0) is 50.1 Å². The van der Waals surface area contributed by atoms with Crippen molar-refractivity contribution in [3.8, 4) is 5.75 Å². The summed E-state index contributed by atoms with van der Waals surface area (Å²) in [6.45, 7) is 2.13. The number of hydrogen-bond acceptors (Lipinski definition) is 5. The second-order valence-electron chi connectivity index (χ2n) is 7.14. The number of hydrogen-bond donors (Lipinski definition) is 1. The lowest BCUT2D eigenvalue weighted by atomic mass is 10.2. The van der Waals surface area contributed by atoms with Crippen LogP contribution in [0.2, 0.25) is 0 Å². The fourth-order valence-corrected chi connectivity index (χ4v) is 4.94. The average molecular weight is 407 g/mol. The minimum absolute atomic E-state index is 0.0185. The highest BCUT2D eigenvalue weighted by atomic mass is 32.2. The van der Waals surface area contributed by atoms with Gasteiger partial charge in [-0.15, -0.1) is 0 Å². The molecular weight excluding hydrogens is 380 g/mol. The maximum Gasteiger partial charge on any atom is 0.254 e. The first-order valence-corrected chi connectivity index (χ1v) is 10.8. The molecule has 1 aliphatic rings. The van der Waals surface area contributed by atoms with Crippen LogP contribution in [-0.4, -0.2) is 39.4 Å². The highest BCUT2D eigenvalue weighted by molar-refractivity contribution is 7.89. The van der Waals surface area contributed by atoms with Crippen LogP contribution in [0.25, 0.3) is 0 Å². The molecular formula is C20H26N2O5S. The third-order valence-corrected chi connectivity index (χ3v) is 6.45. The zero-order chi connectivity index (χ0) is 20.3. The highest BCUT2D eigenvalue weighted by Crippen LogP contribution is 2.28. The smallest absolute Gasteiger partial charge is 0.254 e. The molecule has 152 valence electrons. The number of ether oxygens (including phenoxy) is 1. The van der Waals surface area contributed by atoms with Crippen molar-refractivity contribution in [1.82, 2.24) is 9.62 Å². The first-order chi connectivity index (χ1) is 13.3. The summed E-state index contributed by atoms with van der Waals surface area (Å²) in [4.78, 5) is 14.3. The number of sulfonamides is 1. The number of carbonyl (C=O) groups is 1. The van der Waals surface area contributed by atoms with Gasteiger partial charge in [-0.2, -0.15) is 0 Å². The summed E-state index contributed by atoms with van der Waals surface area (Å²) >= 11 is 0. The number of furan rings is 1. The van der Waals surface area contributed by atoms with Gasteiger partial charge in [0.25, 0.3) is 5.91 Å². The van der Waals surface area contributed by atoms with Gasteiger partial charge in [-0.1, -0.05) is 12.8 Å². The Kier molecular flexibility index (Phi) is 6.10.